The highest BCUT2D eigenvalue weighted by atomic mass is 79.9. The van der Waals surface area contributed by atoms with E-state index in [0.717, 1.165) is 4.47 Å². The van der Waals surface area contributed by atoms with Gasteiger partial charge < -0.3 is 15.4 Å². The van der Waals surface area contributed by atoms with E-state index in [1.54, 1.807) is 17.0 Å². The summed E-state index contributed by atoms with van der Waals surface area (Å²) in [5.41, 5.74) is 5.56. The number of carbonyl (C=O) groups excluding carboxylic acids is 3. The maximum atomic E-state index is 12.3. The van der Waals surface area contributed by atoms with Gasteiger partial charge in [0.15, 0.2) is 6.61 Å². The van der Waals surface area contributed by atoms with Gasteiger partial charge in [-0.2, -0.15) is 0 Å². The van der Waals surface area contributed by atoms with Crippen LogP contribution in [0.2, 0.25) is 0 Å². The van der Waals surface area contributed by atoms with Gasteiger partial charge in [-0.25, -0.2) is 0 Å². The van der Waals surface area contributed by atoms with E-state index in [4.69, 9.17) is 10.5 Å². The first-order chi connectivity index (χ1) is 10.5. The highest BCUT2D eigenvalue weighted by molar-refractivity contribution is 9.10. The molecule has 1 heterocycles. The van der Waals surface area contributed by atoms with Crippen LogP contribution in [0.3, 0.4) is 0 Å². The molecule has 1 fully saturated rings. The molecule has 1 aromatic rings. The molecular formula is C15H17BrN2O4. The summed E-state index contributed by atoms with van der Waals surface area (Å²) >= 11 is 3.33. The molecule has 1 aliphatic heterocycles. The van der Waals surface area contributed by atoms with Gasteiger partial charge >= 0.3 is 5.97 Å². The fourth-order valence-electron chi connectivity index (χ4n) is 2.35. The van der Waals surface area contributed by atoms with E-state index in [1.807, 2.05) is 12.1 Å². The number of amides is 2. The molecule has 22 heavy (non-hydrogen) atoms. The van der Waals surface area contributed by atoms with Crippen molar-refractivity contribution in [2.45, 2.75) is 12.8 Å². The lowest BCUT2D eigenvalue weighted by molar-refractivity contribution is -0.153. The van der Waals surface area contributed by atoms with E-state index in [9.17, 15) is 14.4 Å². The lowest BCUT2D eigenvalue weighted by Gasteiger charge is -2.30. The van der Waals surface area contributed by atoms with Gasteiger partial charge in [-0.15, -0.1) is 0 Å². The summed E-state index contributed by atoms with van der Waals surface area (Å²) in [6.07, 6.45) is 1.06. The number of benzene rings is 1. The highest BCUT2D eigenvalue weighted by Gasteiger charge is 2.28. The number of hydrogen-bond acceptors (Lipinski definition) is 4. The van der Waals surface area contributed by atoms with Crippen LogP contribution in [0.1, 0.15) is 23.2 Å². The van der Waals surface area contributed by atoms with Gasteiger partial charge in [0.25, 0.3) is 11.8 Å². The van der Waals surface area contributed by atoms with Crippen molar-refractivity contribution in [2.24, 2.45) is 11.7 Å². The second kappa shape index (κ2) is 7.40. The first kappa shape index (κ1) is 16.5. The monoisotopic (exact) mass is 368 g/mol. The van der Waals surface area contributed by atoms with Crippen LogP contribution in [0.15, 0.2) is 28.7 Å². The lowest BCUT2D eigenvalue weighted by atomic mass is 9.96. The smallest absolute Gasteiger partial charge is 0.309 e. The third-order valence-electron chi connectivity index (χ3n) is 3.56. The van der Waals surface area contributed by atoms with Gasteiger partial charge in [0.1, 0.15) is 0 Å². The minimum atomic E-state index is -0.670. The maximum Gasteiger partial charge on any atom is 0.309 e. The zero-order valence-corrected chi connectivity index (χ0v) is 13.5. The molecule has 2 rings (SSSR count). The van der Waals surface area contributed by atoms with Crippen LogP contribution >= 0.6 is 15.9 Å². The molecule has 0 unspecified atom stereocenters. The fourth-order valence-corrected chi connectivity index (χ4v) is 2.62. The number of nitrogens with two attached hydrogens (primary N) is 1. The summed E-state index contributed by atoms with van der Waals surface area (Å²) in [5, 5.41) is 0. The molecule has 6 nitrogen and oxygen atoms in total. The molecule has 2 N–H and O–H groups in total. The van der Waals surface area contributed by atoms with Crippen molar-refractivity contribution < 1.29 is 19.1 Å². The van der Waals surface area contributed by atoms with E-state index in [-0.39, 0.29) is 11.8 Å². The predicted molar refractivity (Wildman–Crippen MR) is 82.9 cm³/mol. The molecule has 0 aliphatic carbocycles. The van der Waals surface area contributed by atoms with Crippen LogP contribution in [0.5, 0.6) is 0 Å². The fraction of sp³-hybridized carbons (Fsp3) is 0.400. The minimum Gasteiger partial charge on any atom is -0.455 e. The largest absolute Gasteiger partial charge is 0.455 e. The third-order valence-corrected chi connectivity index (χ3v) is 4.09. The first-order valence-electron chi connectivity index (χ1n) is 6.97. The molecule has 0 atom stereocenters. The standard InChI is InChI=1S/C15H17BrN2O4/c16-12-3-1-10(2-4-12)14(20)18-7-5-11(6-8-18)15(21)22-9-13(17)19/h1-4,11H,5-9H2,(H2,17,19). The van der Waals surface area contributed by atoms with E-state index >= 15 is 0 Å². The van der Waals surface area contributed by atoms with Gasteiger partial charge in [0.05, 0.1) is 5.92 Å². The van der Waals surface area contributed by atoms with Crippen LogP contribution in [0.4, 0.5) is 0 Å². The number of nitrogens with zero attached hydrogens (tertiary/aromatic N) is 1. The van der Waals surface area contributed by atoms with Crippen molar-refractivity contribution in [1.82, 2.24) is 4.90 Å². The predicted octanol–water partition coefficient (Wildman–Crippen LogP) is 1.33. The van der Waals surface area contributed by atoms with Crippen LogP contribution in [-0.4, -0.2) is 42.4 Å². The molecule has 0 radical (unpaired) electrons. The molecular weight excluding hydrogens is 352 g/mol. The van der Waals surface area contributed by atoms with Crippen LogP contribution < -0.4 is 5.73 Å². The van der Waals surface area contributed by atoms with Crippen molar-refractivity contribution in [3.8, 4) is 0 Å². The Kier molecular flexibility index (Phi) is 5.54. The van der Waals surface area contributed by atoms with E-state index in [0.29, 0.717) is 31.5 Å². The Labute approximate surface area is 136 Å². The van der Waals surface area contributed by atoms with Crippen molar-refractivity contribution in [3.63, 3.8) is 0 Å². The number of esters is 1. The molecule has 0 aromatic heterocycles. The number of hydrogen-bond donors (Lipinski definition) is 1. The van der Waals surface area contributed by atoms with Crippen LogP contribution in [0.25, 0.3) is 0 Å². The van der Waals surface area contributed by atoms with E-state index in [2.05, 4.69) is 15.9 Å². The molecule has 0 saturated carbocycles. The van der Waals surface area contributed by atoms with E-state index in [1.165, 1.54) is 0 Å². The topological polar surface area (TPSA) is 89.7 Å². The second-order valence-corrected chi connectivity index (χ2v) is 6.06. The summed E-state index contributed by atoms with van der Waals surface area (Å²) in [5.74, 6) is -1.42. The Hall–Kier alpha value is -1.89. The molecule has 1 aliphatic rings. The normalized spacial score (nSPS) is 15.4. The number of piperidine rings is 1. The van der Waals surface area contributed by atoms with Crippen LogP contribution in [-0.2, 0) is 14.3 Å². The number of ether oxygens (including phenoxy) is 1. The van der Waals surface area contributed by atoms with Crippen molar-refractivity contribution >= 4 is 33.7 Å². The lowest BCUT2D eigenvalue weighted by Crippen LogP contribution is -2.41. The molecule has 2 amide bonds. The van der Waals surface area contributed by atoms with Crippen molar-refractivity contribution in [2.75, 3.05) is 19.7 Å². The zero-order chi connectivity index (χ0) is 16.1. The summed E-state index contributed by atoms with van der Waals surface area (Å²) in [6, 6.07) is 7.17. The number of likely N-dealkylation sites (tertiary alicyclic amines) is 1. The quantitative estimate of drug-likeness (QED) is 0.811. The minimum absolute atomic E-state index is 0.0450. The number of primary amides is 1. The zero-order valence-electron chi connectivity index (χ0n) is 12.0. The summed E-state index contributed by atoms with van der Waals surface area (Å²) in [4.78, 5) is 36.4. The van der Waals surface area contributed by atoms with Gasteiger partial charge in [-0.1, -0.05) is 15.9 Å². The Morgan fingerprint density at radius 1 is 1.18 bits per heavy atom. The summed E-state index contributed by atoms with van der Waals surface area (Å²) in [6.45, 7) is 0.591. The molecule has 1 saturated heterocycles. The first-order valence-corrected chi connectivity index (χ1v) is 7.76. The average molecular weight is 369 g/mol. The Balaban J connectivity index is 1.86. The SMILES string of the molecule is NC(=O)COC(=O)C1CCN(C(=O)c2ccc(Br)cc2)CC1. The number of carbonyl (C=O) groups is 3. The highest BCUT2D eigenvalue weighted by Crippen LogP contribution is 2.21. The summed E-state index contributed by atoms with van der Waals surface area (Å²) < 4.78 is 5.73. The van der Waals surface area contributed by atoms with Gasteiger partial charge in [0.2, 0.25) is 0 Å². The Morgan fingerprint density at radius 2 is 1.77 bits per heavy atom. The average Bonchev–Trinajstić information content (AvgIpc) is 2.53. The maximum absolute atomic E-state index is 12.3. The van der Waals surface area contributed by atoms with Gasteiger partial charge in [-0.05, 0) is 37.1 Å². The molecule has 0 bridgehead atoms. The Morgan fingerprint density at radius 3 is 2.32 bits per heavy atom. The van der Waals surface area contributed by atoms with Crippen LogP contribution in [0, 0.1) is 5.92 Å². The Bertz CT molecular complexity index is 565. The number of halogens is 1. The van der Waals surface area contributed by atoms with Gasteiger partial charge in [-0.3, -0.25) is 14.4 Å². The molecule has 1 aromatic carbocycles. The summed E-state index contributed by atoms with van der Waals surface area (Å²) in [7, 11) is 0. The number of rotatable bonds is 4. The molecule has 0 spiro atoms. The molecule has 118 valence electrons. The van der Waals surface area contributed by atoms with Crippen molar-refractivity contribution in [3.05, 3.63) is 34.3 Å². The molecule has 7 heteroatoms. The van der Waals surface area contributed by atoms with E-state index < -0.39 is 18.5 Å². The third kappa shape index (κ3) is 4.30. The van der Waals surface area contributed by atoms with Crippen molar-refractivity contribution in [1.29, 1.82) is 0 Å². The second-order valence-electron chi connectivity index (χ2n) is 5.15. The van der Waals surface area contributed by atoms with Gasteiger partial charge in [0, 0.05) is 23.1 Å².